The van der Waals surface area contributed by atoms with E-state index in [0.717, 1.165) is 23.6 Å². The van der Waals surface area contributed by atoms with Gasteiger partial charge in [0.05, 0.1) is 5.56 Å². The van der Waals surface area contributed by atoms with Crippen LogP contribution < -0.4 is 10.6 Å². The molecule has 0 saturated carbocycles. The van der Waals surface area contributed by atoms with Crippen molar-refractivity contribution in [2.24, 2.45) is 0 Å². The molecule has 6 heteroatoms. The SMILES string of the molecule is O=C(NCc1ccc(F)cc1)c1ccc(NCCc2ccc(Cl)cc2)nc1. The summed E-state index contributed by atoms with van der Waals surface area (Å²) in [7, 11) is 0. The van der Waals surface area contributed by atoms with E-state index in [1.807, 2.05) is 24.3 Å². The Morgan fingerprint density at radius 1 is 0.963 bits per heavy atom. The van der Waals surface area contributed by atoms with Crippen LogP contribution in [-0.2, 0) is 13.0 Å². The zero-order chi connectivity index (χ0) is 19.1. The molecule has 2 N–H and O–H groups in total. The summed E-state index contributed by atoms with van der Waals surface area (Å²) in [4.78, 5) is 16.4. The van der Waals surface area contributed by atoms with Crippen molar-refractivity contribution < 1.29 is 9.18 Å². The van der Waals surface area contributed by atoms with Crippen LogP contribution in [0.3, 0.4) is 0 Å². The predicted octanol–water partition coefficient (Wildman–Crippen LogP) is 4.46. The lowest BCUT2D eigenvalue weighted by Gasteiger charge is -2.08. The van der Waals surface area contributed by atoms with Crippen LogP contribution in [0.2, 0.25) is 5.02 Å². The van der Waals surface area contributed by atoms with Crippen LogP contribution in [0, 0.1) is 5.82 Å². The molecule has 0 fully saturated rings. The van der Waals surface area contributed by atoms with Gasteiger partial charge in [0.2, 0.25) is 0 Å². The summed E-state index contributed by atoms with van der Waals surface area (Å²) in [6, 6.07) is 17.2. The fourth-order valence-electron chi connectivity index (χ4n) is 2.51. The van der Waals surface area contributed by atoms with Gasteiger partial charge in [-0.3, -0.25) is 4.79 Å². The molecule has 0 saturated heterocycles. The quantitative estimate of drug-likeness (QED) is 0.633. The Balaban J connectivity index is 1.46. The van der Waals surface area contributed by atoms with Crippen molar-refractivity contribution in [3.8, 4) is 0 Å². The number of amides is 1. The first-order valence-corrected chi connectivity index (χ1v) is 8.95. The van der Waals surface area contributed by atoms with E-state index in [4.69, 9.17) is 11.6 Å². The van der Waals surface area contributed by atoms with Gasteiger partial charge in [0.25, 0.3) is 5.91 Å². The average Bonchev–Trinajstić information content (AvgIpc) is 2.69. The number of hydrogen-bond donors (Lipinski definition) is 2. The second kappa shape index (κ2) is 9.14. The minimum Gasteiger partial charge on any atom is -0.370 e. The summed E-state index contributed by atoms with van der Waals surface area (Å²) in [6.07, 6.45) is 2.38. The van der Waals surface area contributed by atoms with Crippen LogP contribution in [0.15, 0.2) is 66.9 Å². The van der Waals surface area contributed by atoms with Gasteiger partial charge in [-0.2, -0.15) is 0 Å². The standard InChI is InChI=1S/C21H19ClFN3O/c22-18-6-1-15(2-7-18)11-12-24-20-10-5-17(14-25-20)21(27)26-13-16-3-8-19(23)9-4-16/h1-10,14H,11-13H2,(H,24,25)(H,26,27). The molecular formula is C21H19ClFN3O. The van der Waals surface area contributed by atoms with Gasteiger partial charge in [0.1, 0.15) is 11.6 Å². The number of carbonyl (C=O) groups is 1. The number of hydrogen-bond acceptors (Lipinski definition) is 3. The summed E-state index contributed by atoms with van der Waals surface area (Å²) in [5.41, 5.74) is 2.49. The van der Waals surface area contributed by atoms with Gasteiger partial charge in [-0.05, 0) is 53.9 Å². The van der Waals surface area contributed by atoms with E-state index in [2.05, 4.69) is 15.6 Å². The minimum absolute atomic E-state index is 0.223. The minimum atomic E-state index is -0.298. The summed E-state index contributed by atoms with van der Waals surface area (Å²) < 4.78 is 12.9. The number of pyridine rings is 1. The molecule has 0 unspecified atom stereocenters. The Labute approximate surface area is 162 Å². The van der Waals surface area contributed by atoms with Crippen molar-refractivity contribution >= 4 is 23.3 Å². The van der Waals surface area contributed by atoms with E-state index in [-0.39, 0.29) is 11.7 Å². The lowest BCUT2D eigenvalue weighted by atomic mass is 10.1. The highest BCUT2D eigenvalue weighted by Gasteiger charge is 2.06. The van der Waals surface area contributed by atoms with E-state index in [0.29, 0.717) is 17.9 Å². The summed E-state index contributed by atoms with van der Waals surface area (Å²) in [5.74, 6) is 0.187. The number of halogens is 2. The van der Waals surface area contributed by atoms with Crippen LogP contribution in [-0.4, -0.2) is 17.4 Å². The largest absolute Gasteiger partial charge is 0.370 e. The van der Waals surface area contributed by atoms with Crippen LogP contribution >= 0.6 is 11.6 Å². The Morgan fingerprint density at radius 3 is 2.33 bits per heavy atom. The van der Waals surface area contributed by atoms with Crippen molar-refractivity contribution in [1.29, 1.82) is 0 Å². The topological polar surface area (TPSA) is 54.0 Å². The van der Waals surface area contributed by atoms with E-state index >= 15 is 0 Å². The number of anilines is 1. The lowest BCUT2D eigenvalue weighted by molar-refractivity contribution is 0.0950. The first-order valence-electron chi connectivity index (χ1n) is 8.57. The Kier molecular flexibility index (Phi) is 6.39. The first kappa shape index (κ1) is 18.9. The van der Waals surface area contributed by atoms with Gasteiger partial charge in [0, 0.05) is 24.3 Å². The highest BCUT2D eigenvalue weighted by atomic mass is 35.5. The Hall–Kier alpha value is -2.92. The molecule has 1 amide bonds. The number of rotatable bonds is 7. The molecule has 2 aromatic carbocycles. The molecule has 3 rings (SSSR count). The number of carbonyl (C=O) groups excluding carboxylic acids is 1. The number of nitrogens with zero attached hydrogens (tertiary/aromatic N) is 1. The molecule has 4 nitrogen and oxygen atoms in total. The fraction of sp³-hybridized carbons (Fsp3) is 0.143. The van der Waals surface area contributed by atoms with Gasteiger partial charge in [0.15, 0.2) is 0 Å². The van der Waals surface area contributed by atoms with Gasteiger partial charge < -0.3 is 10.6 Å². The second-order valence-electron chi connectivity index (χ2n) is 6.04. The molecule has 0 atom stereocenters. The van der Waals surface area contributed by atoms with Crippen LogP contribution in [0.4, 0.5) is 10.2 Å². The molecule has 0 aliphatic heterocycles. The van der Waals surface area contributed by atoms with Crippen molar-refractivity contribution in [2.45, 2.75) is 13.0 Å². The third kappa shape index (κ3) is 5.79. The predicted molar refractivity (Wildman–Crippen MR) is 105 cm³/mol. The van der Waals surface area contributed by atoms with E-state index in [1.54, 1.807) is 24.3 Å². The maximum Gasteiger partial charge on any atom is 0.253 e. The molecule has 138 valence electrons. The molecule has 3 aromatic rings. The van der Waals surface area contributed by atoms with Gasteiger partial charge in [-0.15, -0.1) is 0 Å². The third-order valence-electron chi connectivity index (χ3n) is 4.03. The van der Waals surface area contributed by atoms with Gasteiger partial charge in [-0.25, -0.2) is 9.37 Å². The van der Waals surface area contributed by atoms with Crippen LogP contribution in [0.25, 0.3) is 0 Å². The Bertz CT molecular complexity index is 881. The molecule has 27 heavy (non-hydrogen) atoms. The molecule has 0 aliphatic rings. The smallest absolute Gasteiger partial charge is 0.253 e. The molecule has 1 aromatic heterocycles. The number of nitrogens with one attached hydrogen (secondary N) is 2. The van der Waals surface area contributed by atoms with Gasteiger partial charge in [-0.1, -0.05) is 35.9 Å². The summed E-state index contributed by atoms with van der Waals surface area (Å²) >= 11 is 5.87. The van der Waals surface area contributed by atoms with Crippen LogP contribution in [0.5, 0.6) is 0 Å². The normalized spacial score (nSPS) is 10.4. The zero-order valence-electron chi connectivity index (χ0n) is 14.6. The zero-order valence-corrected chi connectivity index (χ0v) is 15.3. The highest BCUT2D eigenvalue weighted by Crippen LogP contribution is 2.11. The summed E-state index contributed by atoms with van der Waals surface area (Å²) in [6.45, 7) is 1.06. The Morgan fingerprint density at radius 2 is 1.67 bits per heavy atom. The molecule has 0 bridgehead atoms. The number of aromatic nitrogens is 1. The van der Waals surface area contributed by atoms with E-state index in [9.17, 15) is 9.18 Å². The maximum atomic E-state index is 12.9. The molecule has 0 aliphatic carbocycles. The van der Waals surface area contributed by atoms with Crippen molar-refractivity contribution in [1.82, 2.24) is 10.3 Å². The summed E-state index contributed by atoms with van der Waals surface area (Å²) in [5, 5.41) is 6.74. The van der Waals surface area contributed by atoms with E-state index in [1.165, 1.54) is 23.9 Å². The number of benzene rings is 2. The fourth-order valence-corrected chi connectivity index (χ4v) is 2.63. The molecular weight excluding hydrogens is 365 g/mol. The second-order valence-corrected chi connectivity index (χ2v) is 6.48. The molecule has 0 radical (unpaired) electrons. The highest BCUT2D eigenvalue weighted by molar-refractivity contribution is 6.30. The molecule has 1 heterocycles. The first-order chi connectivity index (χ1) is 13.1. The monoisotopic (exact) mass is 383 g/mol. The van der Waals surface area contributed by atoms with E-state index < -0.39 is 0 Å². The maximum absolute atomic E-state index is 12.9. The molecule has 0 spiro atoms. The third-order valence-corrected chi connectivity index (χ3v) is 4.28. The van der Waals surface area contributed by atoms with Crippen molar-refractivity contribution in [3.63, 3.8) is 0 Å². The van der Waals surface area contributed by atoms with Gasteiger partial charge >= 0.3 is 0 Å². The van der Waals surface area contributed by atoms with Crippen molar-refractivity contribution in [2.75, 3.05) is 11.9 Å². The lowest BCUT2D eigenvalue weighted by Crippen LogP contribution is -2.23. The van der Waals surface area contributed by atoms with Crippen LogP contribution in [0.1, 0.15) is 21.5 Å². The average molecular weight is 384 g/mol. The van der Waals surface area contributed by atoms with Crippen molar-refractivity contribution in [3.05, 3.63) is 94.4 Å².